The van der Waals surface area contributed by atoms with E-state index in [1.165, 1.54) is 18.9 Å². The van der Waals surface area contributed by atoms with E-state index in [4.69, 9.17) is 4.42 Å². The summed E-state index contributed by atoms with van der Waals surface area (Å²) >= 11 is 1.22. The zero-order valence-corrected chi connectivity index (χ0v) is 17.7. The highest BCUT2D eigenvalue weighted by molar-refractivity contribution is 7.99. The van der Waals surface area contributed by atoms with Crippen LogP contribution in [0.5, 0.6) is 0 Å². The van der Waals surface area contributed by atoms with Crippen molar-refractivity contribution in [2.24, 2.45) is 0 Å². The molecule has 0 saturated carbocycles. The normalized spacial score (nSPS) is 10.9. The summed E-state index contributed by atoms with van der Waals surface area (Å²) in [6, 6.07) is 9.65. The Labute approximate surface area is 173 Å². The molecule has 152 valence electrons. The number of benzene rings is 1. The number of aryl methyl sites for hydroxylation is 2. The van der Waals surface area contributed by atoms with E-state index in [2.05, 4.69) is 14.9 Å². The van der Waals surface area contributed by atoms with Gasteiger partial charge in [-0.15, -0.1) is 10.2 Å². The molecule has 0 fully saturated rings. The molecular formula is C21H23N3O4S. The van der Waals surface area contributed by atoms with Crippen molar-refractivity contribution in [3.8, 4) is 11.5 Å². The minimum absolute atomic E-state index is 0.0253. The Hall–Kier alpha value is -2.87. The van der Waals surface area contributed by atoms with Crippen molar-refractivity contribution in [1.29, 1.82) is 0 Å². The second-order valence-electron chi connectivity index (χ2n) is 6.72. The summed E-state index contributed by atoms with van der Waals surface area (Å²) in [4.78, 5) is 24.1. The van der Waals surface area contributed by atoms with E-state index in [0.29, 0.717) is 23.2 Å². The van der Waals surface area contributed by atoms with Crippen molar-refractivity contribution in [1.82, 2.24) is 14.8 Å². The molecule has 1 aromatic carbocycles. The maximum absolute atomic E-state index is 12.7. The van der Waals surface area contributed by atoms with Crippen LogP contribution in [0.1, 0.15) is 33.7 Å². The second-order valence-corrected chi connectivity index (χ2v) is 7.64. The molecule has 0 bridgehead atoms. The van der Waals surface area contributed by atoms with Gasteiger partial charge in [0.2, 0.25) is 5.89 Å². The van der Waals surface area contributed by atoms with Gasteiger partial charge in [0, 0.05) is 29.1 Å². The van der Waals surface area contributed by atoms with Gasteiger partial charge in [0.1, 0.15) is 0 Å². The minimum atomic E-state index is -0.276. The molecule has 0 atom stereocenters. The molecule has 0 aliphatic heterocycles. The molecule has 0 aliphatic carbocycles. The maximum Gasteiger partial charge on any atom is 0.307 e. The summed E-state index contributed by atoms with van der Waals surface area (Å²) in [5.41, 5.74) is 4.36. The van der Waals surface area contributed by atoms with E-state index >= 15 is 0 Å². The Morgan fingerprint density at radius 1 is 1.17 bits per heavy atom. The number of methoxy groups -OCH3 is 1. The van der Waals surface area contributed by atoms with E-state index in [1.807, 2.05) is 55.7 Å². The van der Waals surface area contributed by atoms with Gasteiger partial charge in [-0.1, -0.05) is 29.5 Å². The number of esters is 1. The first-order chi connectivity index (χ1) is 13.9. The average Bonchev–Trinajstić information content (AvgIpc) is 3.29. The van der Waals surface area contributed by atoms with Gasteiger partial charge in [-0.25, -0.2) is 0 Å². The molecular weight excluding hydrogens is 390 g/mol. The van der Waals surface area contributed by atoms with Gasteiger partial charge in [0.15, 0.2) is 5.78 Å². The average molecular weight is 413 g/mol. The van der Waals surface area contributed by atoms with Gasteiger partial charge in [0.25, 0.3) is 5.22 Å². The standard InChI is InChI=1S/C21H23N3O4S/c1-13-6-5-7-16(10-13)20-22-23-21(28-20)29-12-18(25)17-11-14(2)24(15(17)3)9-8-19(26)27-4/h5-7,10-11H,8-9,12H2,1-4H3. The number of carbonyl (C=O) groups is 2. The van der Waals surface area contributed by atoms with Gasteiger partial charge in [-0.3, -0.25) is 9.59 Å². The zero-order valence-electron chi connectivity index (χ0n) is 16.9. The number of thioether (sulfide) groups is 1. The largest absolute Gasteiger partial charge is 0.469 e. The Bertz CT molecular complexity index is 1040. The fourth-order valence-electron chi connectivity index (χ4n) is 3.10. The van der Waals surface area contributed by atoms with Crippen LogP contribution in [0.15, 0.2) is 40.0 Å². The Morgan fingerprint density at radius 2 is 1.97 bits per heavy atom. The molecule has 0 spiro atoms. The molecule has 2 heterocycles. The number of hydrogen-bond donors (Lipinski definition) is 0. The first-order valence-electron chi connectivity index (χ1n) is 9.19. The maximum atomic E-state index is 12.7. The first kappa shape index (κ1) is 20.9. The van der Waals surface area contributed by atoms with E-state index in [1.54, 1.807) is 0 Å². The number of aromatic nitrogens is 3. The second kappa shape index (κ2) is 9.09. The lowest BCUT2D eigenvalue weighted by Crippen LogP contribution is -2.10. The van der Waals surface area contributed by atoms with E-state index in [9.17, 15) is 9.59 Å². The predicted molar refractivity (Wildman–Crippen MR) is 110 cm³/mol. The number of hydrogen-bond acceptors (Lipinski definition) is 7. The third kappa shape index (κ3) is 4.95. The van der Waals surface area contributed by atoms with Gasteiger partial charge >= 0.3 is 5.97 Å². The summed E-state index contributed by atoms with van der Waals surface area (Å²) in [5, 5.41) is 8.45. The molecule has 3 rings (SSSR count). The summed E-state index contributed by atoms with van der Waals surface area (Å²) in [5.74, 6) is 0.325. The molecule has 0 saturated heterocycles. The highest BCUT2D eigenvalue weighted by atomic mass is 32.2. The van der Waals surface area contributed by atoms with Crippen molar-refractivity contribution < 1.29 is 18.7 Å². The van der Waals surface area contributed by atoms with Crippen LogP contribution in [-0.4, -0.2) is 39.4 Å². The Balaban J connectivity index is 1.65. The topological polar surface area (TPSA) is 87.2 Å². The van der Waals surface area contributed by atoms with E-state index in [-0.39, 0.29) is 23.9 Å². The third-order valence-corrected chi connectivity index (χ3v) is 5.46. The Morgan fingerprint density at radius 3 is 2.69 bits per heavy atom. The van der Waals surface area contributed by atoms with Crippen molar-refractivity contribution in [3.63, 3.8) is 0 Å². The molecule has 2 aromatic heterocycles. The number of rotatable bonds is 8. The molecule has 0 N–H and O–H groups in total. The zero-order chi connectivity index (χ0) is 21.0. The predicted octanol–water partition coefficient (Wildman–Crippen LogP) is 4.00. The molecule has 7 nitrogen and oxygen atoms in total. The van der Waals surface area contributed by atoms with Crippen molar-refractivity contribution in [2.75, 3.05) is 12.9 Å². The number of Topliss-reactive ketones (excluding diaryl/α,β-unsaturated/α-hetero) is 1. The lowest BCUT2D eigenvalue weighted by Gasteiger charge is -2.08. The molecule has 0 unspecified atom stereocenters. The van der Waals surface area contributed by atoms with Gasteiger partial charge in [-0.2, -0.15) is 0 Å². The van der Waals surface area contributed by atoms with Gasteiger partial charge < -0.3 is 13.7 Å². The van der Waals surface area contributed by atoms with Crippen LogP contribution < -0.4 is 0 Å². The van der Waals surface area contributed by atoms with Crippen LogP contribution in [0.3, 0.4) is 0 Å². The minimum Gasteiger partial charge on any atom is -0.469 e. The monoisotopic (exact) mass is 413 g/mol. The summed E-state index contributed by atoms with van der Waals surface area (Å²) in [6.45, 7) is 6.27. The lowest BCUT2D eigenvalue weighted by atomic mass is 10.1. The molecule has 0 amide bonds. The molecule has 8 heteroatoms. The van der Waals surface area contributed by atoms with Crippen molar-refractivity contribution >= 4 is 23.5 Å². The van der Waals surface area contributed by atoms with E-state index in [0.717, 1.165) is 22.5 Å². The molecule has 0 aliphatic rings. The third-order valence-electron chi connectivity index (χ3n) is 4.64. The highest BCUT2D eigenvalue weighted by Gasteiger charge is 2.18. The van der Waals surface area contributed by atoms with Crippen LogP contribution in [0.25, 0.3) is 11.5 Å². The van der Waals surface area contributed by atoms with Crippen LogP contribution in [0.2, 0.25) is 0 Å². The SMILES string of the molecule is COC(=O)CCn1c(C)cc(C(=O)CSc2nnc(-c3cccc(C)c3)o2)c1C. The summed E-state index contributed by atoms with van der Waals surface area (Å²) in [7, 11) is 1.37. The smallest absolute Gasteiger partial charge is 0.307 e. The summed E-state index contributed by atoms with van der Waals surface area (Å²) < 4.78 is 12.3. The van der Waals surface area contributed by atoms with Crippen molar-refractivity contribution in [3.05, 3.63) is 52.8 Å². The van der Waals surface area contributed by atoms with E-state index < -0.39 is 0 Å². The molecule has 0 radical (unpaired) electrons. The fraction of sp³-hybridized carbons (Fsp3) is 0.333. The molecule has 3 aromatic rings. The quantitative estimate of drug-likeness (QED) is 0.313. The summed E-state index contributed by atoms with van der Waals surface area (Å²) in [6.07, 6.45) is 0.263. The van der Waals surface area contributed by atoms with Crippen LogP contribution >= 0.6 is 11.8 Å². The first-order valence-corrected chi connectivity index (χ1v) is 10.2. The number of carbonyl (C=O) groups excluding carboxylic acids is 2. The van der Waals surface area contributed by atoms with Crippen LogP contribution in [0.4, 0.5) is 0 Å². The lowest BCUT2D eigenvalue weighted by molar-refractivity contribution is -0.140. The fourth-order valence-corrected chi connectivity index (χ4v) is 3.75. The molecule has 29 heavy (non-hydrogen) atoms. The van der Waals surface area contributed by atoms with Crippen molar-refractivity contribution in [2.45, 2.75) is 39.0 Å². The van der Waals surface area contributed by atoms with Gasteiger partial charge in [-0.05, 0) is 39.0 Å². The number of ether oxygens (including phenoxy) is 1. The number of ketones is 1. The van der Waals surface area contributed by atoms with Crippen LogP contribution in [0, 0.1) is 20.8 Å². The highest BCUT2D eigenvalue weighted by Crippen LogP contribution is 2.25. The van der Waals surface area contributed by atoms with Crippen LogP contribution in [-0.2, 0) is 16.1 Å². The number of nitrogens with zero attached hydrogens (tertiary/aromatic N) is 3. The Kier molecular flexibility index (Phi) is 6.53. The van der Waals surface area contributed by atoms with Gasteiger partial charge in [0.05, 0.1) is 19.3 Å².